The molecule has 0 radical (unpaired) electrons. The topological polar surface area (TPSA) is 78.9 Å². The van der Waals surface area contributed by atoms with E-state index in [9.17, 15) is 14.4 Å². The van der Waals surface area contributed by atoms with E-state index in [0.717, 1.165) is 83.5 Å². The minimum Gasteiger partial charge on any atom is -0.462 e. The summed E-state index contributed by atoms with van der Waals surface area (Å²) in [6, 6.07) is 0. The van der Waals surface area contributed by atoms with Crippen LogP contribution >= 0.6 is 0 Å². The lowest BCUT2D eigenvalue weighted by atomic mass is 10.1. The number of ether oxygens (including phenoxy) is 3. The minimum absolute atomic E-state index is 0.124. The largest absolute Gasteiger partial charge is 0.462 e. The van der Waals surface area contributed by atoms with Gasteiger partial charge in [-0.3, -0.25) is 14.4 Å². The maximum Gasteiger partial charge on any atom is 0.306 e. The number of rotatable bonds is 39. The van der Waals surface area contributed by atoms with Crippen LogP contribution in [0.15, 0.2) is 109 Å². The molecule has 0 fully saturated rings. The van der Waals surface area contributed by atoms with Crippen LogP contribution in [0, 0.1) is 0 Å². The van der Waals surface area contributed by atoms with Gasteiger partial charge in [0.05, 0.1) is 0 Å². The van der Waals surface area contributed by atoms with Crippen molar-refractivity contribution in [1.29, 1.82) is 0 Å². The van der Waals surface area contributed by atoms with E-state index in [1.54, 1.807) is 0 Å². The average Bonchev–Trinajstić information content (AvgIpc) is 3.22. The van der Waals surface area contributed by atoms with Crippen LogP contribution in [0.25, 0.3) is 0 Å². The summed E-state index contributed by atoms with van der Waals surface area (Å²) >= 11 is 0. The Morgan fingerprint density at radius 3 is 1.34 bits per heavy atom. The van der Waals surface area contributed by atoms with Gasteiger partial charge >= 0.3 is 17.9 Å². The number of allylic oxidation sites excluding steroid dienone is 18. The van der Waals surface area contributed by atoms with Gasteiger partial charge in [0.1, 0.15) is 13.2 Å². The summed E-state index contributed by atoms with van der Waals surface area (Å²) < 4.78 is 16.6. The molecule has 0 spiro atoms. The molecule has 0 N–H and O–H groups in total. The van der Waals surface area contributed by atoms with Gasteiger partial charge in [-0.25, -0.2) is 0 Å². The van der Waals surface area contributed by atoms with Crippen LogP contribution in [0.2, 0.25) is 0 Å². The summed E-state index contributed by atoms with van der Waals surface area (Å²) in [5.74, 6) is -1.06. The lowest BCUT2D eigenvalue weighted by molar-refractivity contribution is -0.166. The van der Waals surface area contributed by atoms with E-state index in [-0.39, 0.29) is 31.6 Å². The van der Waals surface area contributed by atoms with Crippen molar-refractivity contribution >= 4 is 17.9 Å². The highest BCUT2D eigenvalue weighted by Crippen LogP contribution is 2.11. The van der Waals surface area contributed by atoms with E-state index >= 15 is 0 Å². The van der Waals surface area contributed by atoms with Crippen molar-refractivity contribution in [2.24, 2.45) is 0 Å². The van der Waals surface area contributed by atoms with Crippen molar-refractivity contribution in [3.05, 3.63) is 109 Å². The van der Waals surface area contributed by atoms with Crippen molar-refractivity contribution < 1.29 is 28.6 Å². The van der Waals surface area contributed by atoms with Gasteiger partial charge in [0, 0.05) is 19.3 Å². The van der Waals surface area contributed by atoms with E-state index in [2.05, 4.69) is 63.3 Å². The Kier molecular flexibility index (Phi) is 42.7. The molecule has 1 atom stereocenters. The van der Waals surface area contributed by atoms with Gasteiger partial charge in [0.25, 0.3) is 0 Å². The smallest absolute Gasteiger partial charge is 0.306 e. The predicted octanol–water partition coefficient (Wildman–Crippen LogP) is 14.8. The highest BCUT2D eigenvalue weighted by molar-refractivity contribution is 5.71. The maximum atomic E-state index is 12.7. The monoisotopic (exact) mass is 803 g/mol. The molecule has 0 heterocycles. The fourth-order valence-electron chi connectivity index (χ4n) is 5.68. The van der Waals surface area contributed by atoms with Gasteiger partial charge in [0.15, 0.2) is 6.10 Å². The molecule has 0 saturated carbocycles. The second-order valence-electron chi connectivity index (χ2n) is 14.7. The van der Waals surface area contributed by atoms with Crippen LogP contribution in [-0.4, -0.2) is 37.2 Å². The Bertz CT molecular complexity index is 1240. The summed E-state index contributed by atoms with van der Waals surface area (Å²) in [5, 5.41) is 0. The summed E-state index contributed by atoms with van der Waals surface area (Å²) in [4.78, 5) is 37.7. The molecule has 326 valence electrons. The highest BCUT2D eigenvalue weighted by Gasteiger charge is 2.19. The number of hydrogen-bond acceptors (Lipinski definition) is 6. The molecule has 0 aromatic heterocycles. The molecule has 0 rings (SSSR count). The molecule has 0 aliphatic rings. The number of unbranched alkanes of at least 4 members (excludes halogenated alkanes) is 15. The molecular weight excluding hydrogens is 721 g/mol. The van der Waals surface area contributed by atoms with E-state index in [0.29, 0.717) is 19.3 Å². The Balaban J connectivity index is 4.57. The van der Waals surface area contributed by atoms with Gasteiger partial charge in [-0.15, -0.1) is 0 Å². The summed E-state index contributed by atoms with van der Waals surface area (Å²) in [5.41, 5.74) is 0. The third-order valence-electron chi connectivity index (χ3n) is 9.16. The molecule has 0 aliphatic heterocycles. The molecular formula is C52H82O6. The molecule has 0 amide bonds. The Morgan fingerprint density at radius 2 is 0.793 bits per heavy atom. The van der Waals surface area contributed by atoms with E-state index in [1.807, 2.05) is 66.8 Å². The Labute approximate surface area is 355 Å². The van der Waals surface area contributed by atoms with E-state index in [1.165, 1.54) is 51.4 Å². The molecule has 0 bridgehead atoms. The van der Waals surface area contributed by atoms with Crippen molar-refractivity contribution in [1.82, 2.24) is 0 Å². The van der Waals surface area contributed by atoms with Crippen LogP contribution in [0.4, 0.5) is 0 Å². The fourth-order valence-corrected chi connectivity index (χ4v) is 5.68. The number of carbonyl (C=O) groups excluding carboxylic acids is 3. The molecule has 0 aliphatic carbocycles. The van der Waals surface area contributed by atoms with Crippen LogP contribution in [0.1, 0.15) is 181 Å². The average molecular weight is 803 g/mol. The third-order valence-corrected chi connectivity index (χ3v) is 9.16. The molecule has 6 heteroatoms. The highest BCUT2D eigenvalue weighted by atomic mass is 16.6. The predicted molar refractivity (Wildman–Crippen MR) is 247 cm³/mol. The SMILES string of the molecule is CC\C=C/C=C\C=C/C=C\C=C\C=C/CCCCCC(=O)OCC(COC(=O)CCCCCC/C=C\CCCC)OC(=O)CC/C=C\C/C=C\CCCCCCCC. The van der Waals surface area contributed by atoms with Crippen LogP contribution < -0.4 is 0 Å². The summed E-state index contributed by atoms with van der Waals surface area (Å²) in [7, 11) is 0. The normalized spacial score (nSPS) is 13.1. The lowest BCUT2D eigenvalue weighted by Crippen LogP contribution is -2.30. The lowest BCUT2D eigenvalue weighted by Gasteiger charge is -2.18. The van der Waals surface area contributed by atoms with E-state index < -0.39 is 12.1 Å². The number of carbonyl (C=O) groups is 3. The molecule has 0 aromatic rings. The number of esters is 3. The molecule has 0 aromatic carbocycles. The van der Waals surface area contributed by atoms with Crippen molar-refractivity contribution in [2.75, 3.05) is 13.2 Å². The molecule has 1 unspecified atom stereocenters. The summed E-state index contributed by atoms with van der Waals surface area (Å²) in [6.45, 7) is 6.30. The zero-order valence-electron chi connectivity index (χ0n) is 37.0. The van der Waals surface area contributed by atoms with Crippen molar-refractivity contribution in [2.45, 2.75) is 187 Å². The zero-order valence-corrected chi connectivity index (χ0v) is 37.0. The first-order valence-corrected chi connectivity index (χ1v) is 23.0. The standard InChI is InChI=1S/C52H82O6/c1-4-7-10-13-16-19-22-24-25-26-27-29-30-33-36-39-42-45-51(54)57-48-49(47-56-50(53)44-41-38-35-32-21-18-15-12-9-6-3)58-52(55)46-43-40-37-34-31-28-23-20-17-14-11-8-5-2/h7,10,13,15-16,18-19,22,24-31,37,40,49H,4-6,8-9,11-12,14,17,20-21,23,32-36,38-39,41-48H2,1-3H3/b10-7-,16-13-,18-15-,22-19-,25-24-,27-26+,30-29-,31-28-,40-37-. The first kappa shape index (κ1) is 54.1. The fraction of sp³-hybridized carbons (Fsp3) is 0.596. The Morgan fingerprint density at radius 1 is 0.379 bits per heavy atom. The van der Waals surface area contributed by atoms with Crippen LogP contribution in [0.3, 0.4) is 0 Å². The zero-order chi connectivity index (χ0) is 42.3. The third kappa shape index (κ3) is 43.2. The quantitative estimate of drug-likeness (QED) is 0.0202. The molecule has 6 nitrogen and oxygen atoms in total. The second kappa shape index (κ2) is 45.8. The first-order valence-electron chi connectivity index (χ1n) is 23.0. The first-order chi connectivity index (χ1) is 28.5. The second-order valence-corrected chi connectivity index (χ2v) is 14.7. The van der Waals surface area contributed by atoms with Gasteiger partial charge in [-0.05, 0) is 77.0 Å². The van der Waals surface area contributed by atoms with Crippen LogP contribution in [-0.2, 0) is 28.6 Å². The molecule has 0 saturated heterocycles. The molecule has 58 heavy (non-hydrogen) atoms. The van der Waals surface area contributed by atoms with Gasteiger partial charge in [0.2, 0.25) is 0 Å². The minimum atomic E-state index is -0.831. The van der Waals surface area contributed by atoms with Crippen molar-refractivity contribution in [3.8, 4) is 0 Å². The number of hydrogen-bond donors (Lipinski definition) is 0. The van der Waals surface area contributed by atoms with Gasteiger partial charge in [-0.2, -0.15) is 0 Å². The van der Waals surface area contributed by atoms with E-state index in [4.69, 9.17) is 14.2 Å². The summed E-state index contributed by atoms with van der Waals surface area (Å²) in [6.07, 6.45) is 60.8. The van der Waals surface area contributed by atoms with Crippen LogP contribution in [0.5, 0.6) is 0 Å². The Hall–Kier alpha value is -3.93. The maximum absolute atomic E-state index is 12.7. The van der Waals surface area contributed by atoms with Gasteiger partial charge < -0.3 is 14.2 Å². The van der Waals surface area contributed by atoms with Gasteiger partial charge in [-0.1, -0.05) is 194 Å². The van der Waals surface area contributed by atoms with Crippen molar-refractivity contribution in [3.63, 3.8) is 0 Å².